The second kappa shape index (κ2) is 11.4. The maximum Gasteiger partial charge on any atom is 0.264 e. The first kappa shape index (κ1) is 27.2. The van der Waals surface area contributed by atoms with E-state index in [0.717, 1.165) is 25.1 Å². The number of nitrogens with zero attached hydrogens (tertiary/aromatic N) is 2. The SMILES string of the molecule is COc1ccc(N(CC(=O)Nc2ccc(-c3nc4ccc(C)cc4s3)cc2)S(=O)(=O)c2ccccc2)c(OC)c1. The molecular weight excluding hydrogens is 546 g/mol. The number of sulfonamides is 1. The summed E-state index contributed by atoms with van der Waals surface area (Å²) >= 11 is 1.60. The highest BCUT2D eigenvalue weighted by atomic mass is 32.2. The number of fused-ring (bicyclic) bond motifs is 1. The summed E-state index contributed by atoms with van der Waals surface area (Å²) in [5.74, 6) is 0.230. The molecule has 0 saturated heterocycles. The van der Waals surface area contributed by atoms with Crippen LogP contribution in [0.25, 0.3) is 20.8 Å². The van der Waals surface area contributed by atoms with Crippen LogP contribution in [0.1, 0.15) is 5.56 Å². The van der Waals surface area contributed by atoms with Gasteiger partial charge in [0.1, 0.15) is 23.1 Å². The number of rotatable bonds is 9. The Morgan fingerprint density at radius 3 is 2.38 bits per heavy atom. The molecule has 0 atom stereocenters. The van der Waals surface area contributed by atoms with Crippen LogP contribution in [-0.2, 0) is 14.8 Å². The van der Waals surface area contributed by atoms with Crippen LogP contribution >= 0.6 is 11.3 Å². The topological polar surface area (TPSA) is 97.8 Å². The molecular formula is C30H27N3O5S2. The Kier molecular flexibility index (Phi) is 7.72. The third kappa shape index (κ3) is 5.63. The molecule has 0 bridgehead atoms. The van der Waals surface area contributed by atoms with Crippen molar-refractivity contribution in [3.63, 3.8) is 0 Å². The first-order chi connectivity index (χ1) is 19.3. The quantitative estimate of drug-likeness (QED) is 0.228. The molecule has 5 rings (SSSR count). The van der Waals surface area contributed by atoms with Crippen LogP contribution in [0, 0.1) is 6.92 Å². The first-order valence-electron chi connectivity index (χ1n) is 12.4. The average molecular weight is 574 g/mol. The van der Waals surface area contributed by atoms with Gasteiger partial charge in [-0.25, -0.2) is 13.4 Å². The largest absolute Gasteiger partial charge is 0.497 e. The summed E-state index contributed by atoms with van der Waals surface area (Å²) in [4.78, 5) is 18.0. The fourth-order valence-corrected chi connectivity index (χ4v) is 6.71. The van der Waals surface area contributed by atoms with Crippen molar-refractivity contribution in [2.45, 2.75) is 11.8 Å². The molecule has 1 N–H and O–H groups in total. The number of aryl methyl sites for hydroxylation is 1. The number of carbonyl (C=O) groups excluding carboxylic acids is 1. The number of nitrogens with one attached hydrogen (secondary N) is 1. The van der Waals surface area contributed by atoms with Crippen molar-refractivity contribution >= 4 is 48.9 Å². The van der Waals surface area contributed by atoms with Gasteiger partial charge in [0, 0.05) is 17.3 Å². The average Bonchev–Trinajstić information content (AvgIpc) is 3.39. The predicted molar refractivity (Wildman–Crippen MR) is 159 cm³/mol. The smallest absolute Gasteiger partial charge is 0.264 e. The van der Waals surface area contributed by atoms with Crippen molar-refractivity contribution in [2.24, 2.45) is 0 Å². The third-order valence-corrected chi connectivity index (χ3v) is 9.07. The number of ether oxygens (including phenoxy) is 2. The van der Waals surface area contributed by atoms with Gasteiger partial charge in [0.05, 0.1) is 35.0 Å². The number of benzene rings is 4. The highest BCUT2D eigenvalue weighted by Crippen LogP contribution is 2.36. The highest BCUT2D eigenvalue weighted by molar-refractivity contribution is 7.92. The predicted octanol–water partition coefficient (Wildman–Crippen LogP) is 6.12. The normalized spacial score (nSPS) is 11.3. The Labute approximate surface area is 236 Å². The van der Waals surface area contributed by atoms with Gasteiger partial charge in [-0.05, 0) is 73.2 Å². The van der Waals surface area contributed by atoms with E-state index < -0.39 is 22.5 Å². The van der Waals surface area contributed by atoms with Gasteiger partial charge in [-0.1, -0.05) is 24.3 Å². The Balaban J connectivity index is 1.40. The van der Waals surface area contributed by atoms with E-state index in [2.05, 4.69) is 11.4 Å². The molecule has 1 heterocycles. The fraction of sp³-hybridized carbons (Fsp3) is 0.133. The zero-order valence-corrected chi connectivity index (χ0v) is 23.8. The number of thiazole rings is 1. The number of amides is 1. The second-order valence-electron chi connectivity index (χ2n) is 8.98. The molecule has 0 radical (unpaired) electrons. The van der Waals surface area contributed by atoms with E-state index in [1.54, 1.807) is 59.9 Å². The lowest BCUT2D eigenvalue weighted by Crippen LogP contribution is -2.38. The van der Waals surface area contributed by atoms with Crippen molar-refractivity contribution in [3.05, 3.63) is 96.6 Å². The maximum absolute atomic E-state index is 13.7. The summed E-state index contributed by atoms with van der Waals surface area (Å²) < 4.78 is 40.2. The van der Waals surface area contributed by atoms with E-state index >= 15 is 0 Å². The molecule has 0 unspecified atom stereocenters. The molecule has 0 spiro atoms. The van der Waals surface area contributed by atoms with Gasteiger partial charge < -0.3 is 14.8 Å². The van der Waals surface area contributed by atoms with Crippen LogP contribution in [0.2, 0.25) is 0 Å². The van der Waals surface area contributed by atoms with Gasteiger partial charge in [0.15, 0.2) is 0 Å². The molecule has 1 amide bonds. The van der Waals surface area contributed by atoms with Crippen molar-refractivity contribution in [3.8, 4) is 22.1 Å². The minimum Gasteiger partial charge on any atom is -0.497 e. The molecule has 4 aromatic carbocycles. The van der Waals surface area contributed by atoms with E-state index in [1.165, 1.54) is 31.9 Å². The molecule has 204 valence electrons. The Hall–Kier alpha value is -4.41. The molecule has 40 heavy (non-hydrogen) atoms. The van der Waals surface area contributed by atoms with Crippen molar-refractivity contribution in [1.82, 2.24) is 4.98 Å². The van der Waals surface area contributed by atoms with Gasteiger partial charge >= 0.3 is 0 Å². The highest BCUT2D eigenvalue weighted by Gasteiger charge is 2.29. The molecule has 8 nitrogen and oxygen atoms in total. The van der Waals surface area contributed by atoms with Gasteiger partial charge in [0.25, 0.3) is 10.0 Å². The zero-order chi connectivity index (χ0) is 28.3. The summed E-state index contributed by atoms with van der Waals surface area (Å²) in [6.45, 7) is 1.58. The lowest BCUT2D eigenvalue weighted by Gasteiger charge is -2.26. The molecule has 0 saturated carbocycles. The number of aromatic nitrogens is 1. The third-order valence-electron chi connectivity index (χ3n) is 6.23. The number of carbonyl (C=O) groups is 1. The molecule has 0 aliphatic rings. The number of anilines is 2. The van der Waals surface area contributed by atoms with Crippen LogP contribution in [0.4, 0.5) is 11.4 Å². The van der Waals surface area contributed by atoms with Crippen molar-refractivity contribution in [1.29, 1.82) is 0 Å². The Bertz CT molecular complexity index is 1770. The molecule has 5 aromatic rings. The van der Waals surface area contributed by atoms with Gasteiger partial charge in [-0.3, -0.25) is 9.10 Å². The Morgan fingerprint density at radius 2 is 1.68 bits per heavy atom. The summed E-state index contributed by atoms with van der Waals surface area (Å²) in [5.41, 5.74) is 3.79. The van der Waals surface area contributed by atoms with E-state index in [0.29, 0.717) is 11.4 Å². The van der Waals surface area contributed by atoms with E-state index in [9.17, 15) is 13.2 Å². The van der Waals surface area contributed by atoms with Crippen LogP contribution in [0.5, 0.6) is 11.5 Å². The lowest BCUT2D eigenvalue weighted by atomic mass is 10.2. The van der Waals surface area contributed by atoms with Gasteiger partial charge in [-0.15, -0.1) is 11.3 Å². The van der Waals surface area contributed by atoms with E-state index in [1.807, 2.05) is 31.2 Å². The van der Waals surface area contributed by atoms with Crippen molar-refractivity contribution < 1.29 is 22.7 Å². The van der Waals surface area contributed by atoms with Gasteiger partial charge in [-0.2, -0.15) is 0 Å². The summed E-state index contributed by atoms with van der Waals surface area (Å²) in [6.07, 6.45) is 0. The molecule has 10 heteroatoms. The fourth-order valence-electron chi connectivity index (χ4n) is 4.19. The maximum atomic E-state index is 13.7. The summed E-state index contributed by atoms with van der Waals surface area (Å²) in [5, 5.41) is 3.69. The number of hydrogen-bond acceptors (Lipinski definition) is 7. The van der Waals surface area contributed by atoms with E-state index in [4.69, 9.17) is 14.5 Å². The molecule has 0 aliphatic heterocycles. The first-order valence-corrected chi connectivity index (χ1v) is 14.6. The lowest BCUT2D eigenvalue weighted by molar-refractivity contribution is -0.114. The zero-order valence-electron chi connectivity index (χ0n) is 22.1. The van der Waals surface area contributed by atoms with E-state index in [-0.39, 0.29) is 16.3 Å². The second-order valence-corrected chi connectivity index (χ2v) is 11.9. The van der Waals surface area contributed by atoms with Crippen LogP contribution in [0.15, 0.2) is 95.9 Å². The number of methoxy groups -OCH3 is 2. The minimum absolute atomic E-state index is 0.0519. The molecule has 0 fully saturated rings. The summed E-state index contributed by atoms with van der Waals surface area (Å²) in [7, 11) is -1.17. The molecule has 0 aliphatic carbocycles. The van der Waals surface area contributed by atoms with Crippen molar-refractivity contribution in [2.75, 3.05) is 30.4 Å². The summed E-state index contributed by atoms with van der Waals surface area (Å²) in [6, 6.07) is 26.2. The van der Waals surface area contributed by atoms with Crippen LogP contribution in [-0.4, -0.2) is 40.1 Å². The monoisotopic (exact) mass is 573 g/mol. The number of hydrogen-bond donors (Lipinski definition) is 1. The molecule has 1 aromatic heterocycles. The minimum atomic E-state index is -4.11. The van der Waals surface area contributed by atoms with Crippen LogP contribution in [0.3, 0.4) is 0 Å². The van der Waals surface area contributed by atoms with Crippen LogP contribution < -0.4 is 19.1 Å². The standard InChI is InChI=1S/C30H27N3O5S2/c1-20-9-15-25-28(17-20)39-30(32-25)21-10-12-22(13-11-21)31-29(34)19-33(40(35,36)24-7-5-4-6-8-24)26-16-14-23(37-2)18-27(26)38-3/h4-18H,19H2,1-3H3,(H,31,34). The Morgan fingerprint density at radius 1 is 0.925 bits per heavy atom. The van der Waals surface area contributed by atoms with Gasteiger partial charge in [0.2, 0.25) is 5.91 Å².